The number of rotatable bonds is 6. The molecule has 1 aliphatic rings. The van der Waals surface area contributed by atoms with Gasteiger partial charge in [0, 0.05) is 38.4 Å². The Morgan fingerprint density at radius 1 is 1.13 bits per heavy atom. The summed E-state index contributed by atoms with van der Waals surface area (Å²) in [5.74, 6) is 0.743. The van der Waals surface area contributed by atoms with E-state index in [4.69, 9.17) is 0 Å². The number of guanidine groups is 1. The summed E-state index contributed by atoms with van der Waals surface area (Å²) in [6.45, 7) is 4.61. The minimum absolute atomic E-state index is 0. The fourth-order valence-corrected chi connectivity index (χ4v) is 4.08. The standard InChI is InChI=1S/C21H29N5O2S.HI/c1-16-4-8-19(9-5-16)26-13-12-18(15-26)25-21(22-2)24-14-17-6-10-20(11-7-17)29(27,28)23-3;/h4-11,18,23H,12-15H2,1-3H3,(H2,22,24,25);1H. The largest absolute Gasteiger partial charge is 0.369 e. The lowest BCUT2D eigenvalue weighted by atomic mass is 10.2. The number of nitrogens with zero attached hydrogens (tertiary/aromatic N) is 2. The summed E-state index contributed by atoms with van der Waals surface area (Å²) in [4.78, 5) is 6.95. The highest BCUT2D eigenvalue weighted by Gasteiger charge is 2.23. The van der Waals surface area contributed by atoms with Gasteiger partial charge in [-0.25, -0.2) is 13.1 Å². The average molecular weight is 543 g/mol. The fraction of sp³-hybridized carbons (Fsp3) is 0.381. The van der Waals surface area contributed by atoms with Crippen molar-refractivity contribution in [3.05, 3.63) is 59.7 Å². The third-order valence-corrected chi connectivity index (χ3v) is 6.54. The molecule has 0 radical (unpaired) electrons. The Labute approximate surface area is 196 Å². The maximum absolute atomic E-state index is 11.8. The van der Waals surface area contributed by atoms with Crippen LogP contribution in [0.5, 0.6) is 0 Å². The molecule has 1 saturated heterocycles. The van der Waals surface area contributed by atoms with E-state index in [2.05, 4.69) is 56.4 Å². The minimum atomic E-state index is -3.41. The van der Waals surface area contributed by atoms with E-state index in [1.807, 2.05) is 0 Å². The molecule has 0 aliphatic carbocycles. The first-order valence-corrected chi connectivity index (χ1v) is 11.2. The van der Waals surface area contributed by atoms with E-state index in [-0.39, 0.29) is 28.9 Å². The second kappa shape index (κ2) is 11.0. The summed E-state index contributed by atoms with van der Waals surface area (Å²) < 4.78 is 25.9. The van der Waals surface area contributed by atoms with Crippen molar-refractivity contribution in [3.63, 3.8) is 0 Å². The third kappa shape index (κ3) is 6.32. The van der Waals surface area contributed by atoms with Gasteiger partial charge in [0.05, 0.1) is 4.90 Å². The number of nitrogens with one attached hydrogen (secondary N) is 3. The van der Waals surface area contributed by atoms with Crippen molar-refractivity contribution in [1.82, 2.24) is 15.4 Å². The highest BCUT2D eigenvalue weighted by molar-refractivity contribution is 14.0. The Morgan fingerprint density at radius 3 is 2.40 bits per heavy atom. The van der Waals surface area contributed by atoms with Crippen molar-refractivity contribution >= 4 is 45.6 Å². The predicted molar refractivity (Wildman–Crippen MR) is 133 cm³/mol. The van der Waals surface area contributed by atoms with Crippen LogP contribution >= 0.6 is 24.0 Å². The number of halogens is 1. The molecule has 2 aromatic carbocycles. The van der Waals surface area contributed by atoms with Crippen LogP contribution in [-0.4, -0.2) is 47.6 Å². The summed E-state index contributed by atoms with van der Waals surface area (Å²) in [5.41, 5.74) is 3.50. The summed E-state index contributed by atoms with van der Waals surface area (Å²) in [7, 11) is -0.248. The zero-order valence-electron chi connectivity index (χ0n) is 17.6. The molecule has 0 bridgehead atoms. The van der Waals surface area contributed by atoms with Crippen LogP contribution < -0.4 is 20.3 Å². The van der Waals surface area contributed by atoms with E-state index < -0.39 is 10.0 Å². The molecule has 0 aromatic heterocycles. The molecule has 1 aliphatic heterocycles. The monoisotopic (exact) mass is 543 g/mol. The van der Waals surface area contributed by atoms with Gasteiger partial charge in [-0.1, -0.05) is 29.8 Å². The first kappa shape index (κ1) is 24.4. The van der Waals surface area contributed by atoms with Gasteiger partial charge in [-0.2, -0.15) is 0 Å². The smallest absolute Gasteiger partial charge is 0.240 e. The topological polar surface area (TPSA) is 85.8 Å². The molecule has 9 heteroatoms. The van der Waals surface area contributed by atoms with Crippen molar-refractivity contribution in [2.75, 3.05) is 32.1 Å². The SMILES string of the molecule is CN=C(NCc1ccc(S(=O)(=O)NC)cc1)NC1CCN(c2ccc(C)cc2)C1.I. The summed E-state index contributed by atoms with van der Waals surface area (Å²) in [6, 6.07) is 15.8. The van der Waals surface area contributed by atoms with Gasteiger partial charge in [-0.3, -0.25) is 4.99 Å². The maximum Gasteiger partial charge on any atom is 0.240 e. The Bertz CT molecular complexity index is 946. The van der Waals surface area contributed by atoms with Crippen LogP contribution in [0.25, 0.3) is 0 Å². The van der Waals surface area contributed by atoms with E-state index in [1.165, 1.54) is 18.3 Å². The zero-order chi connectivity index (χ0) is 20.9. The molecule has 1 fully saturated rings. The van der Waals surface area contributed by atoms with Gasteiger partial charge in [0.2, 0.25) is 10.0 Å². The summed E-state index contributed by atoms with van der Waals surface area (Å²) in [5, 5.41) is 6.79. The Morgan fingerprint density at radius 2 is 1.80 bits per heavy atom. The van der Waals surface area contributed by atoms with E-state index in [1.54, 1.807) is 31.3 Å². The predicted octanol–water partition coefficient (Wildman–Crippen LogP) is 2.47. The molecule has 1 unspecified atom stereocenters. The minimum Gasteiger partial charge on any atom is -0.369 e. The molecule has 1 heterocycles. The van der Waals surface area contributed by atoms with Gasteiger partial charge >= 0.3 is 0 Å². The molecule has 3 N–H and O–H groups in total. The van der Waals surface area contributed by atoms with E-state index >= 15 is 0 Å². The number of benzene rings is 2. The number of aliphatic imine (C=N–C) groups is 1. The van der Waals surface area contributed by atoms with E-state index in [9.17, 15) is 8.42 Å². The van der Waals surface area contributed by atoms with Crippen LogP contribution in [-0.2, 0) is 16.6 Å². The molecule has 0 saturated carbocycles. The number of aryl methyl sites for hydroxylation is 1. The Hall–Kier alpha value is -1.85. The van der Waals surface area contributed by atoms with E-state index in [0.29, 0.717) is 12.6 Å². The molecule has 3 rings (SSSR count). The van der Waals surface area contributed by atoms with Crippen molar-refractivity contribution < 1.29 is 8.42 Å². The lowest BCUT2D eigenvalue weighted by Crippen LogP contribution is -2.44. The Kier molecular flexibility index (Phi) is 8.92. The molecule has 30 heavy (non-hydrogen) atoms. The molecule has 0 spiro atoms. The van der Waals surface area contributed by atoms with Crippen LogP contribution in [0.1, 0.15) is 17.5 Å². The third-order valence-electron chi connectivity index (χ3n) is 5.11. The van der Waals surface area contributed by atoms with Gasteiger partial charge in [-0.05, 0) is 50.2 Å². The quantitative estimate of drug-likeness (QED) is 0.296. The average Bonchev–Trinajstić information content (AvgIpc) is 3.20. The fourth-order valence-electron chi connectivity index (χ4n) is 3.35. The molecule has 7 nitrogen and oxygen atoms in total. The summed E-state index contributed by atoms with van der Waals surface area (Å²) >= 11 is 0. The molecule has 164 valence electrons. The first-order valence-electron chi connectivity index (χ1n) is 9.72. The summed E-state index contributed by atoms with van der Waals surface area (Å²) in [6.07, 6.45) is 1.05. The van der Waals surface area contributed by atoms with Gasteiger partial charge in [-0.15, -0.1) is 24.0 Å². The van der Waals surface area contributed by atoms with Crippen LogP contribution in [0.3, 0.4) is 0 Å². The maximum atomic E-state index is 11.8. The number of hydrogen-bond acceptors (Lipinski definition) is 4. The lowest BCUT2D eigenvalue weighted by molar-refractivity contribution is 0.588. The van der Waals surface area contributed by atoms with Crippen molar-refractivity contribution in [1.29, 1.82) is 0 Å². The van der Waals surface area contributed by atoms with Gasteiger partial charge in [0.25, 0.3) is 0 Å². The Balaban J connectivity index is 0.00000320. The van der Waals surface area contributed by atoms with Crippen molar-refractivity contribution in [2.45, 2.75) is 30.8 Å². The molecular weight excluding hydrogens is 513 g/mol. The van der Waals surface area contributed by atoms with Gasteiger partial charge in [0.15, 0.2) is 5.96 Å². The molecule has 0 amide bonds. The number of hydrogen-bond donors (Lipinski definition) is 3. The number of anilines is 1. The molecule has 1 atom stereocenters. The van der Waals surface area contributed by atoms with Crippen LogP contribution in [0, 0.1) is 6.92 Å². The first-order chi connectivity index (χ1) is 13.9. The normalized spacial score (nSPS) is 16.8. The molecular formula is C21H30IN5O2S. The van der Waals surface area contributed by atoms with Crippen LogP contribution in [0.15, 0.2) is 58.4 Å². The van der Waals surface area contributed by atoms with E-state index in [0.717, 1.165) is 31.0 Å². The highest BCUT2D eigenvalue weighted by atomic mass is 127. The second-order valence-corrected chi connectivity index (χ2v) is 9.08. The van der Waals surface area contributed by atoms with Crippen molar-refractivity contribution in [3.8, 4) is 0 Å². The zero-order valence-corrected chi connectivity index (χ0v) is 20.7. The van der Waals surface area contributed by atoms with Gasteiger partial charge in [0.1, 0.15) is 0 Å². The lowest BCUT2D eigenvalue weighted by Gasteiger charge is -2.20. The molecule has 2 aromatic rings. The van der Waals surface area contributed by atoms with Gasteiger partial charge < -0.3 is 15.5 Å². The van der Waals surface area contributed by atoms with Crippen LogP contribution in [0.2, 0.25) is 0 Å². The number of sulfonamides is 1. The van der Waals surface area contributed by atoms with Crippen molar-refractivity contribution in [2.24, 2.45) is 4.99 Å². The van der Waals surface area contributed by atoms with Crippen LogP contribution in [0.4, 0.5) is 5.69 Å². The second-order valence-electron chi connectivity index (χ2n) is 7.19. The highest BCUT2D eigenvalue weighted by Crippen LogP contribution is 2.20.